The van der Waals surface area contributed by atoms with E-state index in [1.54, 1.807) is 0 Å². The molecule has 36 heavy (non-hydrogen) atoms. The Bertz CT molecular complexity index is 716. The van der Waals surface area contributed by atoms with Gasteiger partial charge in [0.25, 0.3) is 0 Å². The predicted octanol–water partition coefficient (Wildman–Crippen LogP) is 9.06. The lowest BCUT2D eigenvalue weighted by Gasteiger charge is -2.28. The Kier molecular flexibility index (Phi) is 9.92. The average molecular weight is 600 g/mol. The van der Waals surface area contributed by atoms with Crippen molar-refractivity contribution in [3.05, 3.63) is 23.3 Å². The van der Waals surface area contributed by atoms with E-state index in [0.717, 1.165) is 0 Å². The predicted molar refractivity (Wildman–Crippen MR) is 62.5 cm³/mol. The Labute approximate surface area is 178 Å². The molecule has 0 saturated carbocycles. The van der Waals surface area contributed by atoms with Gasteiger partial charge in [0.15, 0.2) is 11.7 Å². The normalized spacial score (nSPS) is 16.7. The number of halogens is 24. The summed E-state index contributed by atoms with van der Waals surface area (Å²) in [7, 11) is 0. The van der Waals surface area contributed by atoms with Crippen LogP contribution in [0.3, 0.4) is 0 Å². The van der Waals surface area contributed by atoms with Crippen molar-refractivity contribution < 1.29 is 105 Å². The van der Waals surface area contributed by atoms with E-state index in [-0.39, 0.29) is 0 Å². The van der Waals surface area contributed by atoms with Crippen molar-refractivity contribution in [2.24, 2.45) is 0 Å². The third kappa shape index (κ3) is 6.97. The van der Waals surface area contributed by atoms with Crippen LogP contribution >= 0.6 is 0 Å². The summed E-state index contributed by atoms with van der Waals surface area (Å²) in [6, 6.07) is 0. The quantitative estimate of drug-likeness (QED) is 0.278. The van der Waals surface area contributed by atoms with Gasteiger partial charge in [-0.25, -0.2) is 17.6 Å². The topological polar surface area (TPSA) is 0 Å². The van der Waals surface area contributed by atoms with Gasteiger partial charge in [-0.05, 0) is 0 Å². The molecule has 0 saturated heterocycles. The standard InChI is InChI=1S/2C6F12/c2*7-1(2(8)4(10,11)12)3(9,5(13,14)15)6(16,17)18. The summed E-state index contributed by atoms with van der Waals surface area (Å²) < 4.78 is 283. The molecule has 0 fully saturated rings. The number of rotatable bonds is 2. The molecule has 0 rings (SSSR count). The molecule has 0 aromatic rings. The molecular formula is C12F24. The van der Waals surface area contributed by atoms with E-state index in [1.807, 2.05) is 0 Å². The van der Waals surface area contributed by atoms with Crippen LogP contribution in [0, 0.1) is 0 Å². The fourth-order valence-electron chi connectivity index (χ4n) is 1.37. The molecule has 0 aliphatic heterocycles. The SMILES string of the molecule is FC(=C(F)C(F)(C(F)(F)F)C(F)(F)F)C(F)(F)F.FC(=C(F)C(F)(C(F)(F)F)C(F)(F)F)C(F)(F)F. The first-order valence-electron chi connectivity index (χ1n) is 7.04. The smallest absolute Gasteiger partial charge is 0.215 e. The molecule has 0 aliphatic rings. The molecule has 0 atom stereocenters. The molecule has 0 amide bonds. The first kappa shape index (κ1) is 36.0. The highest BCUT2D eigenvalue weighted by Gasteiger charge is 2.78. The minimum atomic E-state index is -7.15. The molecule has 0 unspecified atom stereocenters. The summed E-state index contributed by atoms with van der Waals surface area (Å²) in [6.45, 7) is 0. The van der Waals surface area contributed by atoms with Crippen LogP contribution in [0.2, 0.25) is 0 Å². The molecule has 216 valence electrons. The van der Waals surface area contributed by atoms with Crippen LogP contribution in [0.1, 0.15) is 0 Å². The molecule has 0 bridgehead atoms. The van der Waals surface area contributed by atoms with Gasteiger partial charge in [0.05, 0.1) is 0 Å². The maximum absolute atomic E-state index is 12.6. The van der Waals surface area contributed by atoms with E-state index in [2.05, 4.69) is 0 Å². The second kappa shape index (κ2) is 9.93. The monoisotopic (exact) mass is 600 g/mol. The van der Waals surface area contributed by atoms with Crippen molar-refractivity contribution in [1.29, 1.82) is 0 Å². The highest BCUT2D eigenvalue weighted by molar-refractivity contribution is 5.24. The van der Waals surface area contributed by atoms with E-state index in [1.165, 1.54) is 0 Å². The van der Waals surface area contributed by atoms with Gasteiger partial charge in [0.2, 0.25) is 11.7 Å². The first-order chi connectivity index (χ1) is 15.1. The third-order valence-corrected chi connectivity index (χ3v) is 3.05. The largest absolute Gasteiger partial charge is 0.445 e. The van der Waals surface area contributed by atoms with E-state index >= 15 is 0 Å². The van der Waals surface area contributed by atoms with Crippen LogP contribution in [0.5, 0.6) is 0 Å². The Morgan fingerprint density at radius 2 is 0.389 bits per heavy atom. The van der Waals surface area contributed by atoms with Crippen molar-refractivity contribution in [1.82, 2.24) is 0 Å². The summed E-state index contributed by atoms with van der Waals surface area (Å²) in [5.74, 6) is -18.2. The maximum Gasteiger partial charge on any atom is 0.445 e. The molecule has 0 aromatic carbocycles. The Hall–Kier alpha value is -2.20. The number of allylic oxidation sites excluding steroid dienone is 4. The van der Waals surface area contributed by atoms with Crippen LogP contribution in [-0.4, -0.2) is 48.4 Å². The van der Waals surface area contributed by atoms with Crippen LogP contribution in [0.4, 0.5) is 105 Å². The third-order valence-electron chi connectivity index (χ3n) is 3.05. The zero-order chi connectivity index (χ0) is 30.3. The van der Waals surface area contributed by atoms with Gasteiger partial charge >= 0.3 is 48.4 Å². The number of alkyl halides is 20. The van der Waals surface area contributed by atoms with E-state index in [9.17, 15) is 105 Å². The summed E-state index contributed by atoms with van der Waals surface area (Å²) in [5.41, 5.74) is -14.1. The molecule has 0 N–H and O–H groups in total. The molecular weight excluding hydrogens is 600 g/mol. The van der Waals surface area contributed by atoms with Gasteiger partial charge in [-0.3, -0.25) is 0 Å². The van der Waals surface area contributed by atoms with E-state index in [0.29, 0.717) is 0 Å². The second-order valence-corrected chi connectivity index (χ2v) is 5.56. The van der Waals surface area contributed by atoms with Gasteiger partial charge < -0.3 is 0 Å². The van der Waals surface area contributed by atoms with Gasteiger partial charge in [-0.1, -0.05) is 0 Å². The summed E-state index contributed by atoms with van der Waals surface area (Å²) in [5, 5.41) is 0. The fourth-order valence-corrected chi connectivity index (χ4v) is 1.37. The van der Waals surface area contributed by atoms with Gasteiger partial charge in [-0.2, -0.15) is 87.8 Å². The minimum absolute atomic E-state index is 4.44. The van der Waals surface area contributed by atoms with E-state index in [4.69, 9.17) is 0 Å². The summed E-state index contributed by atoms with van der Waals surface area (Å²) >= 11 is 0. The Morgan fingerprint density at radius 1 is 0.250 bits per heavy atom. The first-order valence-corrected chi connectivity index (χ1v) is 7.04. The van der Waals surface area contributed by atoms with Crippen molar-refractivity contribution in [3.63, 3.8) is 0 Å². The van der Waals surface area contributed by atoms with Gasteiger partial charge in [-0.15, -0.1) is 0 Å². The lowest BCUT2D eigenvalue weighted by molar-refractivity contribution is -0.333. The Morgan fingerprint density at radius 3 is 0.472 bits per heavy atom. The van der Waals surface area contributed by atoms with Crippen LogP contribution in [0.15, 0.2) is 23.3 Å². The van der Waals surface area contributed by atoms with Gasteiger partial charge in [0.1, 0.15) is 0 Å². The highest BCUT2D eigenvalue weighted by Crippen LogP contribution is 2.54. The Balaban J connectivity index is 0. The average Bonchev–Trinajstić information content (AvgIpc) is 2.59. The number of hydrogen-bond acceptors (Lipinski definition) is 0. The minimum Gasteiger partial charge on any atom is -0.215 e. The molecule has 0 heterocycles. The van der Waals surface area contributed by atoms with Crippen LogP contribution in [0.25, 0.3) is 0 Å². The molecule has 24 heteroatoms. The van der Waals surface area contributed by atoms with Crippen molar-refractivity contribution in [3.8, 4) is 0 Å². The summed E-state index contributed by atoms with van der Waals surface area (Å²) in [4.78, 5) is 0. The van der Waals surface area contributed by atoms with Crippen LogP contribution in [-0.2, 0) is 0 Å². The number of hydrogen-bond donors (Lipinski definition) is 0. The fraction of sp³-hybridized carbons (Fsp3) is 0.667. The molecule has 0 aromatic heterocycles. The van der Waals surface area contributed by atoms with Gasteiger partial charge in [0, 0.05) is 0 Å². The lowest BCUT2D eigenvalue weighted by atomic mass is 10.0. The zero-order valence-electron chi connectivity index (χ0n) is 15.1. The molecule has 0 radical (unpaired) electrons. The zero-order valence-corrected chi connectivity index (χ0v) is 15.1. The summed E-state index contributed by atoms with van der Waals surface area (Å²) in [6.07, 6.45) is -41.7. The van der Waals surface area contributed by atoms with Crippen molar-refractivity contribution in [2.45, 2.75) is 48.4 Å². The van der Waals surface area contributed by atoms with Crippen molar-refractivity contribution in [2.75, 3.05) is 0 Å². The van der Waals surface area contributed by atoms with E-state index < -0.39 is 71.7 Å². The van der Waals surface area contributed by atoms with Crippen molar-refractivity contribution >= 4 is 0 Å². The maximum atomic E-state index is 12.6. The lowest BCUT2D eigenvalue weighted by Crippen LogP contribution is -2.54. The molecule has 0 aliphatic carbocycles. The second-order valence-electron chi connectivity index (χ2n) is 5.56. The highest BCUT2D eigenvalue weighted by atomic mass is 19.4. The molecule has 0 spiro atoms. The van der Waals surface area contributed by atoms with Crippen LogP contribution < -0.4 is 0 Å². The molecule has 0 nitrogen and oxygen atoms in total.